The van der Waals surface area contributed by atoms with Gasteiger partial charge in [0, 0.05) is 18.4 Å². The molecule has 0 bridgehead atoms. The predicted octanol–water partition coefficient (Wildman–Crippen LogP) is 2.91. The summed E-state index contributed by atoms with van der Waals surface area (Å²) < 4.78 is 0. The molecule has 0 saturated carbocycles. The molecule has 0 spiro atoms. The molecule has 0 aliphatic carbocycles. The van der Waals surface area contributed by atoms with Crippen LogP contribution in [0.3, 0.4) is 0 Å². The quantitative estimate of drug-likeness (QED) is 0.886. The summed E-state index contributed by atoms with van der Waals surface area (Å²) in [4.78, 5) is 20.4. The summed E-state index contributed by atoms with van der Waals surface area (Å²) >= 11 is 0. The Balaban J connectivity index is 2.11. The number of carbonyl (C=O) groups is 1. The first-order valence-electron chi connectivity index (χ1n) is 7.00. The Morgan fingerprint density at radius 2 is 2.00 bits per heavy atom. The van der Waals surface area contributed by atoms with Crippen LogP contribution in [-0.2, 0) is 0 Å². The molecule has 0 aliphatic rings. The molecule has 21 heavy (non-hydrogen) atoms. The molecule has 2 rings (SSSR count). The summed E-state index contributed by atoms with van der Waals surface area (Å²) in [5.74, 6) is 0.640. The van der Waals surface area contributed by atoms with Gasteiger partial charge in [0.25, 0.3) is 5.91 Å². The van der Waals surface area contributed by atoms with Gasteiger partial charge >= 0.3 is 0 Å². The Hall–Kier alpha value is -2.43. The van der Waals surface area contributed by atoms with Crippen molar-refractivity contribution in [2.75, 3.05) is 11.9 Å². The zero-order valence-electron chi connectivity index (χ0n) is 12.6. The first kappa shape index (κ1) is 15.0. The molecule has 0 fully saturated rings. The standard InChI is InChI=1S/C16H20N4O/c1-11(2)10-18-15(21)14-8-9-17-16(20-14)19-13-7-5-4-6-12(13)3/h4-9,11H,10H2,1-3H3,(H,18,21)(H,17,19,20). The zero-order chi connectivity index (χ0) is 15.2. The average molecular weight is 284 g/mol. The summed E-state index contributed by atoms with van der Waals surface area (Å²) in [6.45, 7) is 6.72. The summed E-state index contributed by atoms with van der Waals surface area (Å²) in [6, 6.07) is 9.47. The topological polar surface area (TPSA) is 66.9 Å². The molecule has 0 atom stereocenters. The molecule has 110 valence electrons. The van der Waals surface area contributed by atoms with E-state index in [9.17, 15) is 4.79 Å². The lowest BCUT2D eigenvalue weighted by molar-refractivity contribution is 0.0944. The van der Waals surface area contributed by atoms with Crippen LogP contribution in [-0.4, -0.2) is 22.4 Å². The molecule has 1 aromatic heterocycles. The van der Waals surface area contributed by atoms with Crippen molar-refractivity contribution >= 4 is 17.5 Å². The average Bonchev–Trinajstić information content (AvgIpc) is 2.47. The van der Waals surface area contributed by atoms with Crippen molar-refractivity contribution in [1.29, 1.82) is 0 Å². The maximum Gasteiger partial charge on any atom is 0.270 e. The lowest BCUT2D eigenvalue weighted by Gasteiger charge is -2.10. The SMILES string of the molecule is Cc1ccccc1Nc1nccc(C(=O)NCC(C)C)n1. The third-order valence-corrected chi connectivity index (χ3v) is 2.95. The molecule has 0 radical (unpaired) electrons. The van der Waals surface area contributed by atoms with E-state index in [1.54, 1.807) is 12.3 Å². The predicted molar refractivity (Wildman–Crippen MR) is 83.7 cm³/mol. The van der Waals surface area contributed by atoms with Gasteiger partial charge in [-0.15, -0.1) is 0 Å². The van der Waals surface area contributed by atoms with Crippen LogP contribution in [0.2, 0.25) is 0 Å². The highest BCUT2D eigenvalue weighted by Gasteiger charge is 2.09. The number of rotatable bonds is 5. The van der Waals surface area contributed by atoms with E-state index in [0.717, 1.165) is 11.3 Å². The second-order valence-electron chi connectivity index (χ2n) is 5.31. The Morgan fingerprint density at radius 1 is 1.24 bits per heavy atom. The maximum absolute atomic E-state index is 12.0. The third kappa shape index (κ3) is 4.27. The number of anilines is 2. The number of hydrogen-bond donors (Lipinski definition) is 2. The highest BCUT2D eigenvalue weighted by Crippen LogP contribution is 2.17. The van der Waals surface area contributed by atoms with Gasteiger partial charge < -0.3 is 10.6 Å². The normalized spacial score (nSPS) is 10.5. The molecule has 5 nitrogen and oxygen atoms in total. The van der Waals surface area contributed by atoms with Crippen molar-refractivity contribution in [2.45, 2.75) is 20.8 Å². The van der Waals surface area contributed by atoms with Crippen LogP contribution in [0.15, 0.2) is 36.5 Å². The van der Waals surface area contributed by atoms with Crippen LogP contribution < -0.4 is 10.6 Å². The maximum atomic E-state index is 12.0. The molecule has 5 heteroatoms. The fourth-order valence-electron chi connectivity index (χ4n) is 1.77. The number of nitrogens with one attached hydrogen (secondary N) is 2. The van der Waals surface area contributed by atoms with Gasteiger partial charge in [0.05, 0.1) is 0 Å². The number of aryl methyl sites for hydroxylation is 1. The fraction of sp³-hybridized carbons (Fsp3) is 0.312. The second-order valence-corrected chi connectivity index (χ2v) is 5.31. The van der Waals surface area contributed by atoms with E-state index in [-0.39, 0.29) is 5.91 Å². The van der Waals surface area contributed by atoms with Crippen LogP contribution in [0.25, 0.3) is 0 Å². The Morgan fingerprint density at radius 3 is 2.71 bits per heavy atom. The number of amides is 1. The van der Waals surface area contributed by atoms with Gasteiger partial charge in [0.1, 0.15) is 5.69 Å². The number of aromatic nitrogens is 2. The van der Waals surface area contributed by atoms with Gasteiger partial charge in [0.2, 0.25) is 5.95 Å². The number of benzene rings is 1. The molecule has 1 amide bonds. The lowest BCUT2D eigenvalue weighted by Crippen LogP contribution is -2.28. The van der Waals surface area contributed by atoms with Gasteiger partial charge in [-0.25, -0.2) is 9.97 Å². The van der Waals surface area contributed by atoms with E-state index in [1.807, 2.05) is 45.0 Å². The van der Waals surface area contributed by atoms with E-state index in [2.05, 4.69) is 20.6 Å². The Labute approximate surface area is 124 Å². The van der Waals surface area contributed by atoms with Gasteiger partial charge in [-0.3, -0.25) is 4.79 Å². The van der Waals surface area contributed by atoms with E-state index < -0.39 is 0 Å². The van der Waals surface area contributed by atoms with E-state index in [1.165, 1.54) is 0 Å². The largest absolute Gasteiger partial charge is 0.350 e. The summed E-state index contributed by atoms with van der Waals surface area (Å²) in [7, 11) is 0. The number of hydrogen-bond acceptors (Lipinski definition) is 4. The van der Waals surface area contributed by atoms with Gasteiger partial charge in [-0.2, -0.15) is 0 Å². The smallest absolute Gasteiger partial charge is 0.270 e. The fourth-order valence-corrected chi connectivity index (χ4v) is 1.77. The van der Waals surface area contributed by atoms with E-state index in [0.29, 0.717) is 24.1 Å². The van der Waals surface area contributed by atoms with E-state index in [4.69, 9.17) is 0 Å². The van der Waals surface area contributed by atoms with Crippen molar-refractivity contribution in [2.24, 2.45) is 5.92 Å². The molecular weight excluding hydrogens is 264 g/mol. The molecule has 0 aliphatic heterocycles. The Bertz CT molecular complexity index is 625. The van der Waals surface area contributed by atoms with Crippen molar-refractivity contribution in [3.05, 3.63) is 47.8 Å². The van der Waals surface area contributed by atoms with Crippen molar-refractivity contribution in [1.82, 2.24) is 15.3 Å². The summed E-state index contributed by atoms with van der Waals surface area (Å²) in [6.07, 6.45) is 1.58. The van der Waals surface area contributed by atoms with Crippen molar-refractivity contribution in [3.63, 3.8) is 0 Å². The van der Waals surface area contributed by atoms with Crippen LogP contribution in [0.5, 0.6) is 0 Å². The summed E-state index contributed by atoms with van der Waals surface area (Å²) in [5.41, 5.74) is 2.38. The molecule has 0 unspecified atom stereocenters. The molecular formula is C16H20N4O. The van der Waals surface area contributed by atoms with E-state index >= 15 is 0 Å². The summed E-state index contributed by atoms with van der Waals surface area (Å²) in [5, 5.41) is 5.97. The van der Waals surface area contributed by atoms with Crippen molar-refractivity contribution < 1.29 is 4.79 Å². The minimum Gasteiger partial charge on any atom is -0.350 e. The van der Waals surface area contributed by atoms with Crippen LogP contribution >= 0.6 is 0 Å². The monoisotopic (exact) mass is 284 g/mol. The van der Waals surface area contributed by atoms with Gasteiger partial charge in [-0.1, -0.05) is 32.0 Å². The number of carbonyl (C=O) groups excluding carboxylic acids is 1. The zero-order valence-corrected chi connectivity index (χ0v) is 12.6. The third-order valence-electron chi connectivity index (χ3n) is 2.95. The van der Waals surface area contributed by atoms with Crippen LogP contribution in [0, 0.1) is 12.8 Å². The second kappa shape index (κ2) is 6.83. The lowest BCUT2D eigenvalue weighted by atomic mass is 10.2. The Kier molecular flexibility index (Phi) is 4.87. The van der Waals surface area contributed by atoms with Crippen molar-refractivity contribution in [3.8, 4) is 0 Å². The molecule has 2 aromatic rings. The first-order chi connectivity index (χ1) is 10.1. The van der Waals surface area contributed by atoms with Crippen LogP contribution in [0.1, 0.15) is 29.9 Å². The highest BCUT2D eigenvalue weighted by atomic mass is 16.1. The first-order valence-corrected chi connectivity index (χ1v) is 7.00. The highest BCUT2D eigenvalue weighted by molar-refractivity contribution is 5.92. The molecule has 1 heterocycles. The minimum atomic E-state index is -0.182. The van der Waals surface area contributed by atoms with Gasteiger partial charge in [-0.05, 0) is 30.5 Å². The number of nitrogens with zero attached hydrogens (tertiary/aromatic N) is 2. The number of para-hydroxylation sites is 1. The molecule has 1 aromatic carbocycles. The minimum absolute atomic E-state index is 0.182. The molecule has 2 N–H and O–H groups in total. The van der Waals surface area contributed by atoms with Gasteiger partial charge in [0.15, 0.2) is 0 Å². The molecule has 0 saturated heterocycles. The van der Waals surface area contributed by atoms with Crippen LogP contribution in [0.4, 0.5) is 11.6 Å².